The minimum absolute atomic E-state index is 0.158. The maximum absolute atomic E-state index is 13.0. The molecule has 0 aromatic heterocycles. The van der Waals surface area contributed by atoms with Crippen LogP contribution < -0.4 is 4.74 Å². The largest absolute Gasteiger partial charge is 0.495 e. The van der Waals surface area contributed by atoms with Gasteiger partial charge in [0.15, 0.2) is 0 Å². The van der Waals surface area contributed by atoms with Gasteiger partial charge in [-0.15, -0.1) is 0 Å². The van der Waals surface area contributed by atoms with Crippen molar-refractivity contribution in [2.75, 3.05) is 7.11 Å². The molecule has 7 heteroatoms. The quantitative estimate of drug-likeness (QED) is 0.918. The van der Waals surface area contributed by atoms with Gasteiger partial charge in [-0.2, -0.15) is 13.2 Å². The zero-order valence-electron chi connectivity index (χ0n) is 10.6. The lowest BCUT2D eigenvalue weighted by atomic mass is 9.90. The Hall–Kier alpha value is -1.43. The molecule has 1 aromatic rings. The highest BCUT2D eigenvalue weighted by Crippen LogP contribution is 2.53. The second-order valence-electron chi connectivity index (χ2n) is 4.89. The number of rotatable bonds is 4. The first kappa shape index (κ1) is 15.0. The Morgan fingerprint density at radius 3 is 2.45 bits per heavy atom. The summed E-state index contributed by atoms with van der Waals surface area (Å²) in [6, 6.07) is 2.31. The van der Waals surface area contributed by atoms with Crippen LogP contribution in [-0.2, 0) is 16.4 Å². The molecule has 0 amide bonds. The molecule has 0 unspecified atom stereocenters. The molecule has 110 valence electrons. The molecule has 0 radical (unpaired) electrons. The predicted molar refractivity (Wildman–Crippen MR) is 66.2 cm³/mol. The van der Waals surface area contributed by atoms with Gasteiger partial charge in [0.25, 0.3) is 0 Å². The van der Waals surface area contributed by atoms with Crippen molar-refractivity contribution >= 4 is 17.6 Å². The molecule has 20 heavy (non-hydrogen) atoms. The number of carboxylic acid groups (broad SMARTS) is 1. The van der Waals surface area contributed by atoms with E-state index in [0.29, 0.717) is 18.4 Å². The molecule has 1 aromatic carbocycles. The normalized spacial score (nSPS) is 16.9. The summed E-state index contributed by atoms with van der Waals surface area (Å²) in [4.78, 5) is 10.8. The molecule has 2 rings (SSSR count). The van der Waals surface area contributed by atoms with E-state index in [-0.39, 0.29) is 11.4 Å². The van der Waals surface area contributed by atoms with Gasteiger partial charge < -0.3 is 9.84 Å². The van der Waals surface area contributed by atoms with Crippen LogP contribution >= 0.6 is 11.6 Å². The van der Waals surface area contributed by atoms with Crippen LogP contribution in [0.2, 0.25) is 5.02 Å². The number of methoxy groups -OCH3 is 1. The summed E-state index contributed by atoms with van der Waals surface area (Å²) < 4.78 is 43.7. The first-order valence-electron chi connectivity index (χ1n) is 5.86. The standard InChI is InChI=1S/C13H12ClF3O3/c1-20-11-8(13(15,16)17)4-7(5-9(11)14)12(2-3-12)6-10(18)19/h4-5H,2-3,6H2,1H3,(H,18,19). The Labute approximate surface area is 118 Å². The highest BCUT2D eigenvalue weighted by atomic mass is 35.5. The summed E-state index contributed by atoms with van der Waals surface area (Å²) in [5, 5.41) is 8.71. The van der Waals surface area contributed by atoms with Crippen molar-refractivity contribution in [3.63, 3.8) is 0 Å². The van der Waals surface area contributed by atoms with Gasteiger partial charge >= 0.3 is 12.1 Å². The van der Waals surface area contributed by atoms with Crippen molar-refractivity contribution in [1.82, 2.24) is 0 Å². The van der Waals surface area contributed by atoms with Crippen LogP contribution in [-0.4, -0.2) is 18.2 Å². The van der Waals surface area contributed by atoms with E-state index in [4.69, 9.17) is 21.4 Å². The predicted octanol–water partition coefficient (Wildman–Crippen LogP) is 3.87. The molecule has 0 atom stereocenters. The van der Waals surface area contributed by atoms with E-state index in [1.807, 2.05) is 0 Å². The molecule has 0 saturated heterocycles. The molecule has 0 spiro atoms. The summed E-state index contributed by atoms with van der Waals surface area (Å²) in [5.41, 5.74) is -1.40. The van der Waals surface area contributed by atoms with Crippen molar-refractivity contribution in [2.24, 2.45) is 0 Å². The first-order valence-corrected chi connectivity index (χ1v) is 6.24. The summed E-state index contributed by atoms with van der Waals surface area (Å²) in [6.07, 6.45) is -3.73. The molecule has 0 heterocycles. The topological polar surface area (TPSA) is 46.5 Å². The third-order valence-electron chi connectivity index (χ3n) is 3.51. The fourth-order valence-corrected chi connectivity index (χ4v) is 2.62. The SMILES string of the molecule is COc1c(Cl)cc(C2(CC(=O)O)CC2)cc1C(F)(F)F. The molecule has 1 N–H and O–H groups in total. The van der Waals surface area contributed by atoms with Crippen molar-refractivity contribution in [1.29, 1.82) is 0 Å². The molecular weight excluding hydrogens is 297 g/mol. The van der Waals surface area contributed by atoms with Crippen LogP contribution in [0.5, 0.6) is 5.75 Å². The van der Waals surface area contributed by atoms with E-state index in [9.17, 15) is 18.0 Å². The van der Waals surface area contributed by atoms with Crippen LogP contribution in [0.3, 0.4) is 0 Å². The van der Waals surface area contributed by atoms with Gasteiger partial charge in [-0.05, 0) is 30.5 Å². The second kappa shape index (κ2) is 4.84. The first-order chi connectivity index (χ1) is 9.19. The van der Waals surface area contributed by atoms with Gasteiger partial charge in [-0.3, -0.25) is 4.79 Å². The summed E-state index contributed by atoms with van der Waals surface area (Å²) in [6.45, 7) is 0. The zero-order valence-corrected chi connectivity index (χ0v) is 11.3. The van der Waals surface area contributed by atoms with Crippen LogP contribution in [0, 0.1) is 0 Å². The Bertz CT molecular complexity index is 551. The number of halogens is 4. The number of benzene rings is 1. The smallest absolute Gasteiger partial charge is 0.420 e. The van der Waals surface area contributed by atoms with Gasteiger partial charge in [0.2, 0.25) is 0 Å². The summed E-state index contributed by atoms with van der Waals surface area (Å²) >= 11 is 5.84. The molecule has 0 bridgehead atoms. The molecule has 1 fully saturated rings. The van der Waals surface area contributed by atoms with Gasteiger partial charge in [-0.25, -0.2) is 0 Å². The monoisotopic (exact) mass is 308 g/mol. The highest BCUT2D eigenvalue weighted by molar-refractivity contribution is 6.32. The number of ether oxygens (including phenoxy) is 1. The number of hydrogen-bond donors (Lipinski definition) is 1. The van der Waals surface area contributed by atoms with Crippen LogP contribution in [0.15, 0.2) is 12.1 Å². The Morgan fingerprint density at radius 2 is 2.05 bits per heavy atom. The average Bonchev–Trinajstić information content (AvgIpc) is 3.06. The molecule has 1 aliphatic rings. The van der Waals surface area contributed by atoms with Crippen LogP contribution in [0.1, 0.15) is 30.4 Å². The van der Waals surface area contributed by atoms with Crippen molar-refractivity contribution < 1.29 is 27.8 Å². The lowest BCUT2D eigenvalue weighted by molar-refractivity contribution is -0.139. The van der Waals surface area contributed by atoms with E-state index in [2.05, 4.69) is 0 Å². The fourth-order valence-electron chi connectivity index (χ4n) is 2.33. The number of carboxylic acids is 1. The fraction of sp³-hybridized carbons (Fsp3) is 0.462. The van der Waals surface area contributed by atoms with E-state index in [1.165, 1.54) is 6.07 Å². The zero-order chi connectivity index (χ0) is 15.1. The Balaban J connectivity index is 2.52. The summed E-state index contributed by atoms with van der Waals surface area (Å²) in [5.74, 6) is -1.47. The minimum Gasteiger partial charge on any atom is -0.495 e. The molecule has 1 saturated carbocycles. The van der Waals surface area contributed by atoms with Crippen molar-refractivity contribution in [2.45, 2.75) is 30.9 Å². The van der Waals surface area contributed by atoms with Crippen LogP contribution in [0.25, 0.3) is 0 Å². The number of carbonyl (C=O) groups is 1. The lowest BCUT2D eigenvalue weighted by Crippen LogP contribution is -2.16. The van der Waals surface area contributed by atoms with E-state index >= 15 is 0 Å². The third-order valence-corrected chi connectivity index (χ3v) is 3.79. The Morgan fingerprint density at radius 1 is 1.45 bits per heavy atom. The maximum Gasteiger partial charge on any atom is 0.420 e. The third kappa shape index (κ3) is 2.70. The second-order valence-corrected chi connectivity index (χ2v) is 5.29. The van der Waals surface area contributed by atoms with Gasteiger partial charge in [0.05, 0.1) is 24.1 Å². The lowest BCUT2D eigenvalue weighted by Gasteiger charge is -2.19. The minimum atomic E-state index is -4.61. The number of alkyl halides is 3. The molecule has 3 nitrogen and oxygen atoms in total. The van der Waals surface area contributed by atoms with E-state index in [0.717, 1.165) is 13.2 Å². The summed E-state index contributed by atoms with van der Waals surface area (Å²) in [7, 11) is 1.11. The van der Waals surface area contributed by atoms with Crippen LogP contribution in [0.4, 0.5) is 13.2 Å². The highest BCUT2D eigenvalue weighted by Gasteiger charge is 2.48. The molecule has 0 aliphatic heterocycles. The Kier molecular flexibility index (Phi) is 3.62. The van der Waals surface area contributed by atoms with Gasteiger partial charge in [0.1, 0.15) is 5.75 Å². The van der Waals surface area contributed by atoms with Gasteiger partial charge in [-0.1, -0.05) is 11.6 Å². The molecular formula is C13H12ClF3O3. The average molecular weight is 309 g/mol. The van der Waals surface area contributed by atoms with Crippen molar-refractivity contribution in [3.05, 3.63) is 28.3 Å². The number of aliphatic carboxylic acids is 1. The van der Waals surface area contributed by atoms with Crippen molar-refractivity contribution in [3.8, 4) is 5.75 Å². The maximum atomic E-state index is 13.0. The van der Waals surface area contributed by atoms with Gasteiger partial charge in [0, 0.05) is 5.41 Å². The number of hydrogen-bond acceptors (Lipinski definition) is 2. The molecule has 1 aliphatic carbocycles. The van der Waals surface area contributed by atoms with E-state index < -0.39 is 28.9 Å². The van der Waals surface area contributed by atoms with E-state index in [1.54, 1.807) is 0 Å².